The van der Waals surface area contributed by atoms with Gasteiger partial charge in [-0.25, -0.2) is 0 Å². The molecule has 0 spiro atoms. The molecule has 0 aliphatic rings. The number of rotatable bonds is 13. The lowest BCUT2D eigenvalue weighted by atomic mass is 9.74. The van der Waals surface area contributed by atoms with Crippen LogP contribution in [-0.2, 0) is 6.42 Å². The molecule has 0 N–H and O–H groups in total. The van der Waals surface area contributed by atoms with Crippen LogP contribution in [0.4, 0.5) is 0 Å². The molecule has 0 radical (unpaired) electrons. The van der Waals surface area contributed by atoms with E-state index in [4.69, 9.17) is 0 Å². The largest absolute Gasteiger partial charge is 0.0622 e. The molecule has 0 amide bonds. The van der Waals surface area contributed by atoms with E-state index in [-0.39, 0.29) is 0 Å². The topological polar surface area (TPSA) is 0 Å². The van der Waals surface area contributed by atoms with Gasteiger partial charge >= 0.3 is 0 Å². The Kier molecular flexibility index (Phi) is 10.0. The van der Waals surface area contributed by atoms with Crippen molar-refractivity contribution in [3.63, 3.8) is 0 Å². The lowest BCUT2D eigenvalue weighted by Gasteiger charge is -2.30. The third-order valence-electron chi connectivity index (χ3n) is 8.58. The zero-order valence-corrected chi connectivity index (χ0v) is 23.8. The minimum Gasteiger partial charge on any atom is -0.0622 e. The average Bonchev–Trinajstić information content (AvgIpc) is 3.04. The first-order valence-electron chi connectivity index (χ1n) is 15.0. The van der Waals surface area contributed by atoms with Crippen molar-refractivity contribution in [3.05, 3.63) is 179 Å². The van der Waals surface area contributed by atoms with E-state index in [2.05, 4.69) is 159 Å². The molecule has 4 atom stereocenters. The van der Waals surface area contributed by atoms with E-state index in [0.29, 0.717) is 23.7 Å². The number of hydrogen-bond donors (Lipinski definition) is 0. The van der Waals surface area contributed by atoms with Crippen LogP contribution in [0.5, 0.6) is 0 Å². The summed E-state index contributed by atoms with van der Waals surface area (Å²) in [5.74, 6) is 1.99. The fourth-order valence-electron chi connectivity index (χ4n) is 6.35. The molecule has 0 aliphatic heterocycles. The van der Waals surface area contributed by atoms with Crippen LogP contribution in [0.25, 0.3) is 0 Å². The summed E-state index contributed by atoms with van der Waals surface area (Å²) >= 11 is 0. The van der Waals surface area contributed by atoms with E-state index >= 15 is 0 Å². The lowest BCUT2D eigenvalue weighted by Crippen LogP contribution is -2.14. The zero-order valence-electron chi connectivity index (χ0n) is 23.8. The normalized spacial score (nSPS) is 14.2. The predicted molar refractivity (Wildman–Crippen MR) is 171 cm³/mol. The van der Waals surface area contributed by atoms with Crippen LogP contribution in [0.15, 0.2) is 152 Å². The monoisotopic (exact) mass is 522 g/mol. The summed E-state index contributed by atoms with van der Waals surface area (Å²) in [6.45, 7) is 2.40. The molecule has 0 nitrogen and oxygen atoms in total. The van der Waals surface area contributed by atoms with Crippen LogP contribution in [0.1, 0.15) is 84.1 Å². The van der Waals surface area contributed by atoms with Crippen molar-refractivity contribution < 1.29 is 0 Å². The summed E-state index contributed by atoms with van der Waals surface area (Å²) in [7, 11) is 0. The maximum atomic E-state index is 2.40. The van der Waals surface area contributed by atoms with Crippen LogP contribution in [-0.4, -0.2) is 0 Å². The Morgan fingerprint density at radius 1 is 0.375 bits per heavy atom. The van der Waals surface area contributed by atoms with Crippen molar-refractivity contribution in [2.75, 3.05) is 0 Å². The van der Waals surface area contributed by atoms with Crippen molar-refractivity contribution in [2.45, 2.75) is 62.7 Å². The van der Waals surface area contributed by atoms with E-state index in [1.165, 1.54) is 27.8 Å². The minimum atomic E-state index is 0.482. The summed E-state index contributed by atoms with van der Waals surface area (Å²) in [4.78, 5) is 0. The number of hydrogen-bond acceptors (Lipinski definition) is 0. The van der Waals surface area contributed by atoms with Crippen LogP contribution in [0.2, 0.25) is 0 Å². The maximum absolute atomic E-state index is 2.40. The van der Waals surface area contributed by atoms with Gasteiger partial charge in [0.2, 0.25) is 0 Å². The highest BCUT2D eigenvalue weighted by molar-refractivity contribution is 5.28. The molecule has 5 rings (SSSR count). The Hall–Kier alpha value is -3.90. The summed E-state index contributed by atoms with van der Waals surface area (Å²) in [5.41, 5.74) is 7.26. The molecule has 0 saturated heterocycles. The van der Waals surface area contributed by atoms with Gasteiger partial charge in [-0.3, -0.25) is 0 Å². The molecular formula is C40H42. The predicted octanol–water partition coefficient (Wildman–Crippen LogP) is 10.9. The second kappa shape index (κ2) is 14.5. The number of aryl methyl sites for hydroxylation is 1. The molecule has 0 bridgehead atoms. The van der Waals surface area contributed by atoms with Crippen molar-refractivity contribution in [2.24, 2.45) is 0 Å². The van der Waals surface area contributed by atoms with Gasteiger partial charge in [-0.1, -0.05) is 159 Å². The number of benzene rings is 5. The Balaban J connectivity index is 1.44. The van der Waals surface area contributed by atoms with Crippen molar-refractivity contribution in [1.29, 1.82) is 0 Å². The average molecular weight is 523 g/mol. The molecule has 40 heavy (non-hydrogen) atoms. The molecule has 0 saturated carbocycles. The first-order valence-corrected chi connectivity index (χ1v) is 15.0. The van der Waals surface area contributed by atoms with Crippen molar-refractivity contribution in [3.8, 4) is 0 Å². The molecule has 0 heteroatoms. The molecular weight excluding hydrogens is 480 g/mol. The summed E-state index contributed by atoms with van der Waals surface area (Å²) in [6, 6.07) is 55.8. The third-order valence-corrected chi connectivity index (χ3v) is 8.58. The van der Waals surface area contributed by atoms with Crippen LogP contribution >= 0.6 is 0 Å². The Morgan fingerprint density at radius 3 is 1.20 bits per heavy atom. The molecule has 5 aromatic rings. The maximum Gasteiger partial charge on any atom is -0.0150 e. The van der Waals surface area contributed by atoms with Gasteiger partial charge in [0.05, 0.1) is 0 Å². The highest BCUT2D eigenvalue weighted by Gasteiger charge is 2.25. The highest BCUT2D eigenvalue weighted by atomic mass is 14.3. The van der Waals surface area contributed by atoms with Crippen LogP contribution in [0.3, 0.4) is 0 Å². The second-order valence-corrected chi connectivity index (χ2v) is 11.4. The van der Waals surface area contributed by atoms with E-state index < -0.39 is 0 Å². The summed E-state index contributed by atoms with van der Waals surface area (Å²) in [5, 5.41) is 0. The van der Waals surface area contributed by atoms with Crippen LogP contribution < -0.4 is 0 Å². The van der Waals surface area contributed by atoms with Gasteiger partial charge in [0.25, 0.3) is 0 Å². The second-order valence-electron chi connectivity index (χ2n) is 11.4. The van der Waals surface area contributed by atoms with Gasteiger partial charge in [-0.2, -0.15) is 0 Å². The van der Waals surface area contributed by atoms with E-state index in [1.807, 2.05) is 0 Å². The van der Waals surface area contributed by atoms with Crippen molar-refractivity contribution in [1.82, 2.24) is 0 Å². The molecule has 202 valence electrons. The molecule has 0 aromatic heterocycles. The smallest absolute Gasteiger partial charge is 0.0150 e. The fraction of sp³-hybridized carbons (Fsp3) is 0.250. The van der Waals surface area contributed by atoms with E-state index in [1.54, 1.807) is 0 Å². The third kappa shape index (κ3) is 7.82. The van der Waals surface area contributed by atoms with Crippen LogP contribution in [0, 0.1) is 0 Å². The van der Waals surface area contributed by atoms with Gasteiger partial charge in [0.1, 0.15) is 0 Å². The summed E-state index contributed by atoms with van der Waals surface area (Å²) < 4.78 is 0. The first kappa shape index (κ1) is 27.7. The minimum absolute atomic E-state index is 0.482. The Morgan fingerprint density at radius 2 is 0.725 bits per heavy atom. The quantitative estimate of drug-likeness (QED) is 0.144. The van der Waals surface area contributed by atoms with E-state index in [0.717, 1.165) is 32.1 Å². The first-order chi connectivity index (χ1) is 19.8. The molecule has 5 aromatic carbocycles. The molecule has 0 heterocycles. The van der Waals surface area contributed by atoms with Gasteiger partial charge in [-0.05, 0) is 83.6 Å². The molecule has 4 unspecified atom stereocenters. The molecule has 0 fully saturated rings. The highest BCUT2D eigenvalue weighted by Crippen LogP contribution is 2.42. The van der Waals surface area contributed by atoms with Gasteiger partial charge in [0, 0.05) is 0 Å². The Labute approximate surface area is 241 Å². The lowest BCUT2D eigenvalue weighted by molar-refractivity contribution is 0.424. The van der Waals surface area contributed by atoms with Crippen molar-refractivity contribution >= 4 is 0 Å². The van der Waals surface area contributed by atoms with E-state index in [9.17, 15) is 0 Å². The fourth-order valence-corrected chi connectivity index (χ4v) is 6.35. The Bertz CT molecular complexity index is 1360. The van der Waals surface area contributed by atoms with Gasteiger partial charge in [0.15, 0.2) is 0 Å². The van der Waals surface area contributed by atoms with Gasteiger partial charge in [-0.15, -0.1) is 0 Å². The summed E-state index contributed by atoms with van der Waals surface area (Å²) in [6.07, 6.45) is 5.73. The van der Waals surface area contributed by atoms with Gasteiger partial charge < -0.3 is 0 Å². The zero-order chi connectivity index (χ0) is 27.4. The standard InChI is InChI=1S/C40H42/c1-32(34-19-9-3-10-20-34)29-39(36-23-13-5-14-24-36)31-40(37-25-15-6-16-26-37)30-38(35-21-11-4-12-22-35)28-27-33-17-7-2-8-18-33/h2-26,32,38-40H,27-31H2,1H3. The SMILES string of the molecule is CC(CC(CC(CC(CCc1ccccc1)c1ccccc1)c1ccccc1)c1ccccc1)c1ccccc1. The molecule has 0 aliphatic carbocycles.